The van der Waals surface area contributed by atoms with Gasteiger partial charge in [-0.15, -0.1) is 0 Å². The summed E-state index contributed by atoms with van der Waals surface area (Å²) < 4.78 is 6.88. The summed E-state index contributed by atoms with van der Waals surface area (Å²) in [5, 5.41) is 7.41. The lowest BCUT2D eigenvalue weighted by Crippen LogP contribution is -2.08. The maximum Gasteiger partial charge on any atom is 0.248 e. The molecule has 25 heavy (non-hydrogen) atoms. The third-order valence-corrected chi connectivity index (χ3v) is 3.60. The first-order chi connectivity index (χ1) is 12.2. The van der Waals surface area contributed by atoms with Crippen molar-refractivity contribution in [3.63, 3.8) is 0 Å². The molecule has 0 fully saturated rings. The number of halogens is 1. The zero-order chi connectivity index (χ0) is 17.6. The van der Waals surface area contributed by atoms with Gasteiger partial charge in [-0.2, -0.15) is 5.10 Å². The smallest absolute Gasteiger partial charge is 0.248 e. The van der Waals surface area contributed by atoms with Crippen LogP contribution in [-0.4, -0.2) is 27.8 Å². The van der Waals surface area contributed by atoms with Crippen molar-refractivity contribution < 1.29 is 9.53 Å². The molecule has 2 heterocycles. The summed E-state index contributed by atoms with van der Waals surface area (Å²) in [5.41, 5.74) is 1.31. The van der Waals surface area contributed by atoms with Gasteiger partial charge in [0.2, 0.25) is 5.91 Å². The molecule has 3 aromatic rings. The van der Waals surface area contributed by atoms with E-state index in [2.05, 4.69) is 15.4 Å². The van der Waals surface area contributed by atoms with Gasteiger partial charge < -0.3 is 10.1 Å². The average Bonchev–Trinajstić information content (AvgIpc) is 3.15. The molecule has 3 rings (SSSR count). The van der Waals surface area contributed by atoms with Crippen LogP contribution >= 0.6 is 11.6 Å². The molecule has 0 aliphatic heterocycles. The first kappa shape index (κ1) is 16.7. The summed E-state index contributed by atoms with van der Waals surface area (Å²) in [6.07, 6.45) is 8.10. The largest absolute Gasteiger partial charge is 0.496 e. The minimum atomic E-state index is -0.282. The lowest BCUT2D eigenvalue weighted by Gasteiger charge is -2.06. The maximum atomic E-state index is 12.1. The molecule has 0 aliphatic carbocycles. The van der Waals surface area contributed by atoms with Gasteiger partial charge in [0.05, 0.1) is 19.0 Å². The maximum absolute atomic E-state index is 12.1. The third kappa shape index (κ3) is 4.24. The van der Waals surface area contributed by atoms with Gasteiger partial charge in [0.15, 0.2) is 5.82 Å². The number of nitrogens with zero attached hydrogens (tertiary/aromatic N) is 3. The second-order valence-electron chi connectivity index (χ2n) is 5.06. The van der Waals surface area contributed by atoms with Crippen LogP contribution in [0.3, 0.4) is 0 Å². The average molecular weight is 355 g/mol. The van der Waals surface area contributed by atoms with Gasteiger partial charge in [-0.05, 0) is 42.5 Å². The second kappa shape index (κ2) is 7.63. The van der Waals surface area contributed by atoms with Crippen molar-refractivity contribution in [3.05, 3.63) is 71.7 Å². The van der Waals surface area contributed by atoms with Crippen molar-refractivity contribution in [2.24, 2.45) is 0 Å². The van der Waals surface area contributed by atoms with Gasteiger partial charge in [0, 0.05) is 29.1 Å². The molecule has 1 N–H and O–H groups in total. The van der Waals surface area contributed by atoms with Crippen molar-refractivity contribution in [1.82, 2.24) is 14.8 Å². The predicted octanol–water partition coefficient (Wildman–Crippen LogP) is 3.58. The Hall–Kier alpha value is -3.12. The number of rotatable bonds is 5. The molecule has 6 nitrogen and oxygen atoms in total. The quantitative estimate of drug-likeness (QED) is 0.711. The normalized spacial score (nSPS) is 10.8. The van der Waals surface area contributed by atoms with E-state index in [4.69, 9.17) is 16.3 Å². The van der Waals surface area contributed by atoms with Crippen LogP contribution < -0.4 is 10.1 Å². The Morgan fingerprint density at radius 1 is 1.32 bits per heavy atom. The van der Waals surface area contributed by atoms with Crippen LogP contribution in [0.2, 0.25) is 5.02 Å². The number of benzene rings is 1. The lowest BCUT2D eigenvalue weighted by molar-refractivity contribution is -0.111. The Balaban J connectivity index is 1.67. The zero-order valence-electron chi connectivity index (χ0n) is 13.4. The molecule has 7 heteroatoms. The van der Waals surface area contributed by atoms with Crippen LogP contribution in [0.15, 0.2) is 61.1 Å². The summed E-state index contributed by atoms with van der Waals surface area (Å²) in [6.45, 7) is 0. The minimum Gasteiger partial charge on any atom is -0.496 e. The molecular weight excluding hydrogens is 340 g/mol. The fourth-order valence-electron chi connectivity index (χ4n) is 2.18. The number of methoxy groups -OCH3 is 1. The van der Waals surface area contributed by atoms with Gasteiger partial charge in [-0.1, -0.05) is 11.6 Å². The first-order valence-electron chi connectivity index (χ1n) is 7.44. The SMILES string of the molecule is COc1ccc(Cl)cc1C=CC(=O)Nc1ccc(-n2cccn2)nc1. The Morgan fingerprint density at radius 2 is 2.20 bits per heavy atom. The molecule has 1 amide bonds. The second-order valence-corrected chi connectivity index (χ2v) is 5.50. The molecule has 0 saturated heterocycles. The van der Waals surface area contributed by atoms with Crippen molar-refractivity contribution in [1.29, 1.82) is 0 Å². The highest BCUT2D eigenvalue weighted by Gasteiger charge is 2.03. The molecule has 0 atom stereocenters. The van der Waals surface area contributed by atoms with E-state index in [1.54, 1.807) is 66.8 Å². The topological polar surface area (TPSA) is 69.0 Å². The predicted molar refractivity (Wildman–Crippen MR) is 97.0 cm³/mol. The van der Waals surface area contributed by atoms with Crippen LogP contribution in [0.5, 0.6) is 5.75 Å². The van der Waals surface area contributed by atoms with Gasteiger partial charge in [0.1, 0.15) is 5.75 Å². The highest BCUT2D eigenvalue weighted by molar-refractivity contribution is 6.30. The van der Waals surface area contributed by atoms with Crippen LogP contribution in [0, 0.1) is 0 Å². The third-order valence-electron chi connectivity index (χ3n) is 3.36. The number of nitrogens with one attached hydrogen (secondary N) is 1. The van der Waals surface area contributed by atoms with Gasteiger partial charge in [-0.25, -0.2) is 9.67 Å². The number of carbonyl (C=O) groups is 1. The summed E-state index contributed by atoms with van der Waals surface area (Å²) in [7, 11) is 1.56. The zero-order valence-corrected chi connectivity index (χ0v) is 14.1. The molecule has 0 radical (unpaired) electrons. The van der Waals surface area contributed by atoms with E-state index in [1.165, 1.54) is 6.08 Å². The molecule has 0 unspecified atom stereocenters. The number of aromatic nitrogens is 3. The fraction of sp³-hybridized carbons (Fsp3) is 0.0556. The Kier molecular flexibility index (Phi) is 5.11. The number of hydrogen-bond acceptors (Lipinski definition) is 4. The van der Waals surface area contributed by atoms with E-state index in [-0.39, 0.29) is 5.91 Å². The van der Waals surface area contributed by atoms with Gasteiger partial charge >= 0.3 is 0 Å². The van der Waals surface area contributed by atoms with Crippen molar-refractivity contribution >= 4 is 29.3 Å². The van der Waals surface area contributed by atoms with Crippen LogP contribution in [0.25, 0.3) is 11.9 Å². The molecule has 2 aromatic heterocycles. The van der Waals surface area contributed by atoms with Crippen LogP contribution in [0.4, 0.5) is 5.69 Å². The Bertz CT molecular complexity index is 890. The summed E-state index contributed by atoms with van der Waals surface area (Å²) >= 11 is 5.97. The van der Waals surface area contributed by atoms with E-state index in [0.29, 0.717) is 22.3 Å². The van der Waals surface area contributed by atoms with Crippen LogP contribution in [0.1, 0.15) is 5.56 Å². The van der Waals surface area contributed by atoms with E-state index >= 15 is 0 Å². The highest BCUT2D eigenvalue weighted by Crippen LogP contribution is 2.23. The van der Waals surface area contributed by atoms with Crippen molar-refractivity contribution in [2.75, 3.05) is 12.4 Å². The molecular formula is C18H15ClN4O2. The van der Waals surface area contributed by atoms with Crippen molar-refractivity contribution in [3.8, 4) is 11.6 Å². The Morgan fingerprint density at radius 3 is 2.88 bits per heavy atom. The van der Waals surface area contributed by atoms with E-state index in [1.807, 2.05) is 6.07 Å². The van der Waals surface area contributed by atoms with Crippen LogP contribution in [-0.2, 0) is 4.79 Å². The summed E-state index contributed by atoms with van der Waals surface area (Å²) in [6, 6.07) is 10.5. The molecule has 0 aliphatic rings. The Labute approximate surface area is 149 Å². The minimum absolute atomic E-state index is 0.282. The fourth-order valence-corrected chi connectivity index (χ4v) is 2.37. The summed E-state index contributed by atoms with van der Waals surface area (Å²) in [5.74, 6) is 1.02. The molecule has 0 saturated carbocycles. The first-order valence-corrected chi connectivity index (χ1v) is 7.82. The number of anilines is 1. The van der Waals surface area contributed by atoms with E-state index in [9.17, 15) is 4.79 Å². The molecule has 1 aromatic carbocycles. The lowest BCUT2D eigenvalue weighted by atomic mass is 10.2. The highest BCUT2D eigenvalue weighted by atomic mass is 35.5. The number of ether oxygens (including phenoxy) is 1. The van der Waals surface area contributed by atoms with E-state index in [0.717, 1.165) is 5.56 Å². The number of carbonyl (C=O) groups excluding carboxylic acids is 1. The number of pyridine rings is 1. The van der Waals surface area contributed by atoms with Gasteiger partial charge in [-0.3, -0.25) is 4.79 Å². The van der Waals surface area contributed by atoms with Crippen molar-refractivity contribution in [2.45, 2.75) is 0 Å². The molecule has 0 spiro atoms. The monoisotopic (exact) mass is 354 g/mol. The van der Waals surface area contributed by atoms with Gasteiger partial charge in [0.25, 0.3) is 0 Å². The number of amides is 1. The summed E-state index contributed by atoms with van der Waals surface area (Å²) in [4.78, 5) is 16.3. The number of hydrogen-bond donors (Lipinski definition) is 1. The standard InChI is InChI=1S/C18H15ClN4O2/c1-25-16-6-4-14(19)11-13(16)3-8-18(24)22-15-5-7-17(20-12-15)23-10-2-9-21-23/h2-12H,1H3,(H,22,24). The molecule has 0 bridgehead atoms. The molecule has 126 valence electrons. The van der Waals surface area contributed by atoms with E-state index < -0.39 is 0 Å².